The van der Waals surface area contributed by atoms with Gasteiger partial charge in [0.2, 0.25) is 5.91 Å². The summed E-state index contributed by atoms with van der Waals surface area (Å²) in [6.45, 7) is 5.98. The first-order valence-electron chi connectivity index (χ1n) is 8.55. The van der Waals surface area contributed by atoms with Crippen LogP contribution in [0.2, 0.25) is 0 Å². The molecule has 7 heteroatoms. The Balaban J connectivity index is 1.79. The number of likely N-dealkylation sites (tertiary alicyclic amines) is 1. The first-order chi connectivity index (χ1) is 12.2. The number of imide groups is 1. The maximum absolute atomic E-state index is 12.1. The van der Waals surface area contributed by atoms with Crippen LogP contribution in [-0.4, -0.2) is 48.3 Å². The number of esters is 1. The van der Waals surface area contributed by atoms with E-state index in [1.165, 1.54) is 4.90 Å². The van der Waals surface area contributed by atoms with Crippen molar-refractivity contribution in [3.05, 3.63) is 35.4 Å². The number of hydrogen-bond donors (Lipinski definition) is 1. The van der Waals surface area contributed by atoms with Gasteiger partial charge in [0.15, 0.2) is 6.61 Å². The average molecular weight is 360 g/mol. The summed E-state index contributed by atoms with van der Waals surface area (Å²) < 4.78 is 4.82. The van der Waals surface area contributed by atoms with Gasteiger partial charge in [0.25, 0.3) is 11.8 Å². The van der Waals surface area contributed by atoms with Crippen LogP contribution < -0.4 is 5.32 Å². The van der Waals surface area contributed by atoms with Crippen LogP contribution in [0.4, 0.5) is 0 Å². The molecule has 1 aromatic rings. The number of rotatable bonds is 5. The zero-order chi connectivity index (χ0) is 19.3. The minimum absolute atomic E-state index is 0.0320. The van der Waals surface area contributed by atoms with Crippen molar-refractivity contribution in [3.8, 4) is 0 Å². The normalized spacial score (nSPS) is 14.3. The van der Waals surface area contributed by atoms with Crippen molar-refractivity contribution in [2.24, 2.45) is 0 Å². The molecule has 1 saturated heterocycles. The monoisotopic (exact) mass is 360 g/mol. The van der Waals surface area contributed by atoms with Gasteiger partial charge in [-0.3, -0.25) is 24.5 Å². The minimum atomic E-state index is -0.712. The quantitative estimate of drug-likeness (QED) is 0.802. The van der Waals surface area contributed by atoms with Crippen LogP contribution >= 0.6 is 0 Å². The van der Waals surface area contributed by atoms with Crippen LogP contribution in [0.1, 0.15) is 49.5 Å². The van der Waals surface area contributed by atoms with E-state index in [-0.39, 0.29) is 17.9 Å². The van der Waals surface area contributed by atoms with Crippen molar-refractivity contribution < 1.29 is 23.9 Å². The van der Waals surface area contributed by atoms with E-state index in [2.05, 4.69) is 26.1 Å². The molecular formula is C19H24N2O5. The van der Waals surface area contributed by atoms with Gasteiger partial charge in [-0.05, 0) is 29.5 Å². The van der Waals surface area contributed by atoms with Crippen LogP contribution in [0, 0.1) is 0 Å². The molecule has 0 atom stereocenters. The summed E-state index contributed by atoms with van der Waals surface area (Å²) >= 11 is 0. The second-order valence-corrected chi connectivity index (χ2v) is 7.28. The Kier molecular flexibility index (Phi) is 6.13. The van der Waals surface area contributed by atoms with Gasteiger partial charge in [0.05, 0.1) is 0 Å². The fourth-order valence-corrected chi connectivity index (χ4v) is 2.58. The number of benzene rings is 1. The highest BCUT2D eigenvalue weighted by molar-refractivity contribution is 6.05. The Morgan fingerprint density at radius 3 is 2.35 bits per heavy atom. The average Bonchev–Trinajstić information content (AvgIpc) is 2.97. The third-order valence-electron chi connectivity index (χ3n) is 4.12. The van der Waals surface area contributed by atoms with Gasteiger partial charge in [0.1, 0.15) is 6.54 Å². The minimum Gasteiger partial charge on any atom is -0.454 e. The van der Waals surface area contributed by atoms with Crippen LogP contribution in [0.5, 0.6) is 0 Å². The predicted molar refractivity (Wildman–Crippen MR) is 94.4 cm³/mol. The van der Waals surface area contributed by atoms with E-state index < -0.39 is 24.4 Å². The Morgan fingerprint density at radius 2 is 1.81 bits per heavy atom. The van der Waals surface area contributed by atoms with Gasteiger partial charge in [0, 0.05) is 18.5 Å². The summed E-state index contributed by atoms with van der Waals surface area (Å²) in [6, 6.07) is 6.97. The SMILES string of the molecule is CC(C)(C)c1ccc(C(=O)NC(=O)COC(=O)CN2CCCC2=O)cc1. The molecule has 1 aliphatic rings. The van der Waals surface area contributed by atoms with E-state index in [1.807, 2.05) is 12.1 Å². The molecule has 0 unspecified atom stereocenters. The van der Waals surface area contributed by atoms with Gasteiger partial charge in [-0.15, -0.1) is 0 Å². The summed E-state index contributed by atoms with van der Waals surface area (Å²) in [5.74, 6) is -2.03. The molecule has 0 radical (unpaired) electrons. The Labute approximate surface area is 152 Å². The highest BCUT2D eigenvalue weighted by Crippen LogP contribution is 2.22. The molecule has 0 aliphatic carbocycles. The van der Waals surface area contributed by atoms with E-state index in [0.29, 0.717) is 18.5 Å². The molecule has 0 bridgehead atoms. The largest absolute Gasteiger partial charge is 0.454 e. The topological polar surface area (TPSA) is 92.8 Å². The fraction of sp³-hybridized carbons (Fsp3) is 0.474. The highest BCUT2D eigenvalue weighted by atomic mass is 16.5. The molecule has 0 saturated carbocycles. The zero-order valence-corrected chi connectivity index (χ0v) is 15.3. The third kappa shape index (κ3) is 5.40. The molecule has 26 heavy (non-hydrogen) atoms. The van der Waals surface area contributed by atoms with Crippen molar-refractivity contribution >= 4 is 23.7 Å². The number of hydrogen-bond acceptors (Lipinski definition) is 5. The van der Waals surface area contributed by atoms with Gasteiger partial charge >= 0.3 is 5.97 Å². The number of nitrogens with zero attached hydrogens (tertiary/aromatic N) is 1. The second-order valence-electron chi connectivity index (χ2n) is 7.28. The molecule has 1 fully saturated rings. The van der Waals surface area contributed by atoms with Crippen LogP contribution in [0.25, 0.3) is 0 Å². The zero-order valence-electron chi connectivity index (χ0n) is 15.3. The first-order valence-corrected chi connectivity index (χ1v) is 8.55. The molecule has 2 rings (SSSR count). The van der Waals surface area contributed by atoms with Crippen LogP contribution in [0.3, 0.4) is 0 Å². The Hall–Kier alpha value is -2.70. The third-order valence-corrected chi connectivity index (χ3v) is 4.12. The van der Waals surface area contributed by atoms with Gasteiger partial charge in [-0.2, -0.15) is 0 Å². The van der Waals surface area contributed by atoms with E-state index >= 15 is 0 Å². The molecule has 1 aliphatic heterocycles. The second kappa shape index (κ2) is 8.12. The van der Waals surface area contributed by atoms with E-state index in [1.54, 1.807) is 12.1 Å². The first kappa shape index (κ1) is 19.6. The van der Waals surface area contributed by atoms with Crippen molar-refractivity contribution in [1.82, 2.24) is 10.2 Å². The molecule has 7 nitrogen and oxygen atoms in total. The lowest BCUT2D eigenvalue weighted by atomic mass is 9.87. The maximum Gasteiger partial charge on any atom is 0.326 e. The Bertz CT molecular complexity index is 704. The number of ether oxygens (including phenoxy) is 1. The molecule has 0 aromatic heterocycles. The number of amides is 3. The molecule has 1 heterocycles. The Morgan fingerprint density at radius 1 is 1.15 bits per heavy atom. The molecule has 0 spiro atoms. The van der Waals surface area contributed by atoms with Gasteiger partial charge in [-0.1, -0.05) is 32.9 Å². The van der Waals surface area contributed by atoms with Gasteiger partial charge < -0.3 is 9.64 Å². The lowest BCUT2D eigenvalue weighted by Crippen LogP contribution is -2.36. The van der Waals surface area contributed by atoms with Gasteiger partial charge in [-0.25, -0.2) is 0 Å². The molecular weight excluding hydrogens is 336 g/mol. The van der Waals surface area contributed by atoms with Crippen molar-refractivity contribution in [2.75, 3.05) is 19.7 Å². The summed E-state index contributed by atoms with van der Waals surface area (Å²) in [7, 11) is 0. The summed E-state index contributed by atoms with van der Waals surface area (Å²) in [5, 5.41) is 2.18. The lowest BCUT2D eigenvalue weighted by Gasteiger charge is -2.19. The highest BCUT2D eigenvalue weighted by Gasteiger charge is 2.23. The van der Waals surface area contributed by atoms with Crippen molar-refractivity contribution in [2.45, 2.75) is 39.0 Å². The molecule has 1 aromatic carbocycles. The number of nitrogens with one attached hydrogen (secondary N) is 1. The molecule has 140 valence electrons. The number of carbonyl (C=O) groups excluding carboxylic acids is 4. The van der Waals surface area contributed by atoms with E-state index in [9.17, 15) is 19.2 Å². The maximum atomic E-state index is 12.1. The fourth-order valence-electron chi connectivity index (χ4n) is 2.58. The summed E-state index contributed by atoms with van der Waals surface area (Å²) in [6.07, 6.45) is 1.14. The standard InChI is InChI=1S/C19H24N2O5/c1-19(2,3)14-8-6-13(7-9-14)18(25)20-15(22)12-26-17(24)11-21-10-4-5-16(21)23/h6-9H,4-5,10-12H2,1-3H3,(H,20,22,25). The predicted octanol–water partition coefficient (Wildman–Crippen LogP) is 1.41. The molecule has 1 N–H and O–H groups in total. The summed E-state index contributed by atoms with van der Waals surface area (Å²) in [4.78, 5) is 48.3. The van der Waals surface area contributed by atoms with Crippen LogP contribution in [0.15, 0.2) is 24.3 Å². The van der Waals surface area contributed by atoms with Crippen molar-refractivity contribution in [3.63, 3.8) is 0 Å². The summed E-state index contributed by atoms with van der Waals surface area (Å²) in [5.41, 5.74) is 1.39. The molecule has 3 amide bonds. The smallest absolute Gasteiger partial charge is 0.326 e. The van der Waals surface area contributed by atoms with Crippen LogP contribution in [-0.2, 0) is 24.5 Å². The van der Waals surface area contributed by atoms with E-state index in [4.69, 9.17) is 4.74 Å². The lowest BCUT2D eigenvalue weighted by molar-refractivity contribution is -0.151. The van der Waals surface area contributed by atoms with E-state index in [0.717, 1.165) is 12.0 Å². The van der Waals surface area contributed by atoms with Crippen molar-refractivity contribution in [1.29, 1.82) is 0 Å². The number of carbonyl (C=O) groups is 4.